The predicted molar refractivity (Wildman–Crippen MR) is 78.8 cm³/mol. The molecule has 3 N–H and O–H groups in total. The van der Waals surface area contributed by atoms with Crippen molar-refractivity contribution >= 4 is 0 Å². The van der Waals surface area contributed by atoms with E-state index in [1.54, 1.807) is 30.0 Å². The van der Waals surface area contributed by atoms with Gasteiger partial charge in [0.2, 0.25) is 0 Å². The van der Waals surface area contributed by atoms with E-state index >= 15 is 0 Å². The van der Waals surface area contributed by atoms with Gasteiger partial charge < -0.3 is 19.9 Å². The van der Waals surface area contributed by atoms with Gasteiger partial charge in [-0.2, -0.15) is 5.10 Å². The lowest BCUT2D eigenvalue weighted by Gasteiger charge is -2.21. The van der Waals surface area contributed by atoms with Gasteiger partial charge in [-0.25, -0.2) is 0 Å². The van der Waals surface area contributed by atoms with Crippen molar-refractivity contribution in [2.45, 2.75) is 39.5 Å². The summed E-state index contributed by atoms with van der Waals surface area (Å²) < 4.78 is 7.05. The fourth-order valence-electron chi connectivity index (χ4n) is 2.41. The zero-order valence-electron chi connectivity index (χ0n) is 12.8. The minimum atomic E-state index is -1.05. The number of aliphatic hydroxyl groups is 2. The molecular formula is C15H23N3O3. The van der Waals surface area contributed by atoms with Crippen molar-refractivity contribution in [1.29, 1.82) is 0 Å². The first-order valence-corrected chi connectivity index (χ1v) is 7.06. The lowest BCUT2D eigenvalue weighted by atomic mass is 10.0. The largest absolute Gasteiger partial charge is 0.466 e. The van der Waals surface area contributed by atoms with Gasteiger partial charge in [-0.3, -0.25) is 4.68 Å². The molecule has 0 bridgehead atoms. The Morgan fingerprint density at radius 3 is 2.81 bits per heavy atom. The Morgan fingerprint density at radius 1 is 1.43 bits per heavy atom. The average Bonchev–Trinajstić information content (AvgIpc) is 3.04. The van der Waals surface area contributed by atoms with Crippen LogP contribution in [0.3, 0.4) is 0 Å². The maximum Gasteiger partial charge on any atom is 0.136 e. The SMILES string of the molecule is Cc1nn(CCO)c(C)c1CNCC(C)(O)c1ccco1. The van der Waals surface area contributed by atoms with Gasteiger partial charge in [0.1, 0.15) is 11.4 Å². The number of nitrogens with one attached hydrogen (secondary N) is 1. The van der Waals surface area contributed by atoms with E-state index in [1.807, 2.05) is 13.8 Å². The monoisotopic (exact) mass is 293 g/mol. The standard InChI is InChI=1S/C15H23N3O3/c1-11-13(12(2)18(17-11)6-7-19)9-16-10-15(3,20)14-5-4-8-21-14/h4-5,8,16,19-20H,6-7,9-10H2,1-3H3. The quantitative estimate of drug-likeness (QED) is 0.711. The third kappa shape index (κ3) is 3.53. The molecule has 1 atom stereocenters. The number of hydrogen-bond acceptors (Lipinski definition) is 5. The number of aromatic nitrogens is 2. The second-order valence-corrected chi connectivity index (χ2v) is 5.45. The molecule has 116 valence electrons. The van der Waals surface area contributed by atoms with Crippen molar-refractivity contribution in [3.8, 4) is 0 Å². The lowest BCUT2D eigenvalue weighted by Crippen LogP contribution is -2.35. The summed E-state index contributed by atoms with van der Waals surface area (Å²) in [6.07, 6.45) is 1.55. The number of aryl methyl sites for hydroxylation is 1. The van der Waals surface area contributed by atoms with Gasteiger partial charge in [0.05, 0.1) is 25.1 Å². The molecule has 0 fully saturated rings. The second-order valence-electron chi connectivity index (χ2n) is 5.45. The van der Waals surface area contributed by atoms with Crippen LogP contribution < -0.4 is 5.32 Å². The molecule has 6 heteroatoms. The molecule has 2 aromatic rings. The number of furan rings is 1. The molecule has 0 aliphatic carbocycles. The van der Waals surface area contributed by atoms with Crippen molar-refractivity contribution < 1.29 is 14.6 Å². The molecule has 6 nitrogen and oxygen atoms in total. The lowest BCUT2D eigenvalue weighted by molar-refractivity contribution is 0.0340. The Hall–Kier alpha value is -1.63. The highest BCUT2D eigenvalue weighted by Gasteiger charge is 2.25. The fourth-order valence-corrected chi connectivity index (χ4v) is 2.41. The van der Waals surface area contributed by atoms with E-state index in [-0.39, 0.29) is 6.61 Å². The molecule has 0 amide bonds. The fraction of sp³-hybridized carbons (Fsp3) is 0.533. The summed E-state index contributed by atoms with van der Waals surface area (Å²) >= 11 is 0. The molecule has 0 saturated carbocycles. The summed E-state index contributed by atoms with van der Waals surface area (Å²) in [5, 5.41) is 27.0. The van der Waals surface area contributed by atoms with Gasteiger partial charge in [-0.05, 0) is 32.9 Å². The normalized spacial score (nSPS) is 14.3. The first kappa shape index (κ1) is 15.8. The molecule has 0 spiro atoms. The molecule has 0 aromatic carbocycles. The summed E-state index contributed by atoms with van der Waals surface area (Å²) in [6.45, 7) is 7.21. The second kappa shape index (κ2) is 6.43. The Morgan fingerprint density at radius 2 is 2.19 bits per heavy atom. The summed E-state index contributed by atoms with van der Waals surface area (Å²) in [5.74, 6) is 0.541. The zero-order chi connectivity index (χ0) is 15.5. The van der Waals surface area contributed by atoms with Crippen LogP contribution in [-0.4, -0.2) is 33.1 Å². The summed E-state index contributed by atoms with van der Waals surface area (Å²) in [5.41, 5.74) is 2.02. The van der Waals surface area contributed by atoms with Crippen LogP contribution in [0.25, 0.3) is 0 Å². The van der Waals surface area contributed by atoms with Crippen molar-refractivity contribution in [1.82, 2.24) is 15.1 Å². The predicted octanol–water partition coefficient (Wildman–Crippen LogP) is 1.08. The molecule has 1 unspecified atom stereocenters. The molecule has 0 aliphatic heterocycles. The smallest absolute Gasteiger partial charge is 0.136 e. The summed E-state index contributed by atoms with van der Waals surface area (Å²) in [7, 11) is 0. The Balaban J connectivity index is 1.98. The van der Waals surface area contributed by atoms with Crippen molar-refractivity contribution in [3.05, 3.63) is 41.1 Å². The third-order valence-corrected chi connectivity index (χ3v) is 3.67. The van der Waals surface area contributed by atoms with Crippen LogP contribution in [0.5, 0.6) is 0 Å². The van der Waals surface area contributed by atoms with Gasteiger partial charge in [0.25, 0.3) is 0 Å². The van der Waals surface area contributed by atoms with Crippen molar-refractivity contribution in [3.63, 3.8) is 0 Å². The van der Waals surface area contributed by atoms with Gasteiger partial charge in [0.15, 0.2) is 0 Å². The maximum atomic E-state index is 10.4. The van der Waals surface area contributed by atoms with E-state index in [0.717, 1.165) is 17.0 Å². The summed E-state index contributed by atoms with van der Waals surface area (Å²) in [6, 6.07) is 3.52. The number of rotatable bonds is 7. The van der Waals surface area contributed by atoms with Gasteiger partial charge >= 0.3 is 0 Å². The Labute approximate surface area is 124 Å². The van der Waals surface area contributed by atoms with Crippen LogP contribution in [0.4, 0.5) is 0 Å². The van der Waals surface area contributed by atoms with Gasteiger partial charge in [0, 0.05) is 24.3 Å². The molecular weight excluding hydrogens is 270 g/mol. The minimum Gasteiger partial charge on any atom is -0.466 e. The molecule has 0 radical (unpaired) electrons. The molecule has 2 heterocycles. The highest BCUT2D eigenvalue weighted by atomic mass is 16.4. The maximum absolute atomic E-state index is 10.4. The van der Waals surface area contributed by atoms with Crippen LogP contribution in [0.15, 0.2) is 22.8 Å². The van der Waals surface area contributed by atoms with Crippen LogP contribution in [0, 0.1) is 13.8 Å². The zero-order valence-corrected chi connectivity index (χ0v) is 12.8. The highest BCUT2D eigenvalue weighted by molar-refractivity contribution is 5.24. The van der Waals surface area contributed by atoms with Crippen molar-refractivity contribution in [2.24, 2.45) is 0 Å². The highest BCUT2D eigenvalue weighted by Crippen LogP contribution is 2.20. The van der Waals surface area contributed by atoms with E-state index in [4.69, 9.17) is 9.52 Å². The molecule has 2 rings (SSSR count). The number of aliphatic hydroxyl groups excluding tert-OH is 1. The van der Waals surface area contributed by atoms with Crippen LogP contribution in [0.2, 0.25) is 0 Å². The van der Waals surface area contributed by atoms with Gasteiger partial charge in [-0.1, -0.05) is 0 Å². The number of nitrogens with zero attached hydrogens (tertiary/aromatic N) is 2. The van der Waals surface area contributed by atoms with Crippen LogP contribution >= 0.6 is 0 Å². The molecule has 21 heavy (non-hydrogen) atoms. The molecule has 2 aromatic heterocycles. The number of hydrogen-bond donors (Lipinski definition) is 3. The average molecular weight is 293 g/mol. The van der Waals surface area contributed by atoms with Crippen LogP contribution in [-0.2, 0) is 18.7 Å². The van der Waals surface area contributed by atoms with Crippen LogP contribution in [0.1, 0.15) is 29.6 Å². The van der Waals surface area contributed by atoms with E-state index in [0.29, 0.717) is 25.4 Å². The minimum absolute atomic E-state index is 0.0715. The van der Waals surface area contributed by atoms with Crippen molar-refractivity contribution in [2.75, 3.05) is 13.2 Å². The summed E-state index contributed by atoms with van der Waals surface area (Å²) in [4.78, 5) is 0. The van der Waals surface area contributed by atoms with Gasteiger partial charge in [-0.15, -0.1) is 0 Å². The molecule has 0 saturated heterocycles. The first-order chi connectivity index (χ1) is 9.95. The van der Waals surface area contributed by atoms with E-state index in [1.165, 1.54) is 0 Å². The Kier molecular flexibility index (Phi) is 4.82. The third-order valence-electron chi connectivity index (χ3n) is 3.67. The first-order valence-electron chi connectivity index (χ1n) is 7.06. The van der Waals surface area contributed by atoms with E-state index in [2.05, 4.69) is 10.4 Å². The van der Waals surface area contributed by atoms with E-state index < -0.39 is 5.60 Å². The van der Waals surface area contributed by atoms with E-state index in [9.17, 15) is 5.11 Å². The topological polar surface area (TPSA) is 83.5 Å². The molecule has 0 aliphatic rings. The Bertz CT molecular complexity index is 573.